The minimum atomic E-state index is -1.01. The fourth-order valence-corrected chi connectivity index (χ4v) is 3.56. The van der Waals surface area contributed by atoms with Crippen molar-refractivity contribution in [2.75, 3.05) is 19.5 Å². The molecule has 3 aromatic rings. The summed E-state index contributed by atoms with van der Waals surface area (Å²) in [6, 6.07) is 10.5. The van der Waals surface area contributed by atoms with Crippen molar-refractivity contribution in [1.82, 2.24) is 14.8 Å². The van der Waals surface area contributed by atoms with E-state index in [2.05, 4.69) is 5.10 Å². The zero-order valence-electron chi connectivity index (χ0n) is 14.8. The van der Waals surface area contributed by atoms with Crippen LogP contribution in [0.25, 0.3) is 17.3 Å². The molecule has 1 atom stereocenters. The van der Waals surface area contributed by atoms with Gasteiger partial charge in [0.25, 0.3) is 0 Å². The van der Waals surface area contributed by atoms with E-state index in [-0.39, 0.29) is 11.5 Å². The Balaban J connectivity index is 1.85. The van der Waals surface area contributed by atoms with Gasteiger partial charge in [-0.2, -0.15) is 16.9 Å². The molecule has 0 spiro atoms. The molecule has 1 aromatic carbocycles. The second kappa shape index (κ2) is 7.58. The Bertz CT molecular complexity index is 960. The number of rotatable bonds is 6. The van der Waals surface area contributed by atoms with E-state index in [1.54, 1.807) is 40.7 Å². The van der Waals surface area contributed by atoms with Crippen LogP contribution in [0.5, 0.6) is 0 Å². The molecule has 1 fully saturated rings. The van der Waals surface area contributed by atoms with Gasteiger partial charge in [-0.3, -0.25) is 0 Å². The zero-order chi connectivity index (χ0) is 18.8. The Morgan fingerprint density at radius 2 is 2.19 bits per heavy atom. The lowest BCUT2D eigenvalue weighted by Gasteiger charge is -2.07. The van der Waals surface area contributed by atoms with Crippen LogP contribution in [0.15, 0.2) is 40.8 Å². The first kappa shape index (κ1) is 17.8. The van der Waals surface area contributed by atoms with Gasteiger partial charge < -0.3 is 14.3 Å². The lowest BCUT2D eigenvalue weighted by atomic mass is 10.1. The van der Waals surface area contributed by atoms with E-state index in [0.29, 0.717) is 36.3 Å². The van der Waals surface area contributed by atoms with Crippen molar-refractivity contribution in [2.45, 2.75) is 18.1 Å². The monoisotopic (exact) mass is 385 g/mol. The topological polar surface area (TPSA) is 90.4 Å². The standard InChI is InChI=1S/C19H19N3O4S/c1-27-11-13-6-7-16(26-13)18-20-17(12-8-9-25-10-12)21-22(18)15-5-3-2-4-14(15)19(23)24/h2-7,12H,8-11H2,1H3,(H,23,24)/t12-/m1/s1. The molecule has 1 aliphatic rings. The minimum Gasteiger partial charge on any atom is -0.478 e. The predicted octanol–water partition coefficient (Wildman–Crippen LogP) is 3.59. The molecule has 0 amide bonds. The van der Waals surface area contributed by atoms with Crippen molar-refractivity contribution in [3.05, 3.63) is 53.5 Å². The van der Waals surface area contributed by atoms with Crippen molar-refractivity contribution < 1.29 is 19.1 Å². The summed E-state index contributed by atoms with van der Waals surface area (Å²) < 4.78 is 13.0. The van der Waals surface area contributed by atoms with Gasteiger partial charge in [-0.15, -0.1) is 0 Å². The number of para-hydroxylation sites is 1. The highest BCUT2D eigenvalue weighted by Gasteiger charge is 2.27. The second-order valence-electron chi connectivity index (χ2n) is 6.29. The highest BCUT2D eigenvalue weighted by molar-refractivity contribution is 7.97. The molecule has 2 aromatic heterocycles. The molecule has 4 rings (SSSR count). The van der Waals surface area contributed by atoms with E-state index in [9.17, 15) is 9.90 Å². The predicted molar refractivity (Wildman–Crippen MR) is 101 cm³/mol. The summed E-state index contributed by atoms with van der Waals surface area (Å²) in [5.74, 6) is 2.39. The van der Waals surface area contributed by atoms with Gasteiger partial charge in [-0.05, 0) is 36.9 Å². The maximum absolute atomic E-state index is 11.7. The Morgan fingerprint density at radius 3 is 2.93 bits per heavy atom. The molecule has 3 heterocycles. The number of benzene rings is 1. The van der Waals surface area contributed by atoms with Gasteiger partial charge in [0.15, 0.2) is 17.4 Å². The fraction of sp³-hybridized carbons (Fsp3) is 0.316. The van der Waals surface area contributed by atoms with Crippen molar-refractivity contribution in [1.29, 1.82) is 0 Å². The third-order valence-electron chi connectivity index (χ3n) is 4.45. The molecule has 1 N–H and O–H groups in total. The third-order valence-corrected chi connectivity index (χ3v) is 5.02. The van der Waals surface area contributed by atoms with E-state index in [1.165, 1.54) is 0 Å². The number of hydrogen-bond donors (Lipinski definition) is 1. The Kier molecular flexibility index (Phi) is 5.00. The summed E-state index contributed by atoms with van der Waals surface area (Å²) in [7, 11) is 0. The number of carboxylic acids is 1. The minimum absolute atomic E-state index is 0.0996. The van der Waals surface area contributed by atoms with Crippen LogP contribution in [0.2, 0.25) is 0 Å². The summed E-state index contributed by atoms with van der Waals surface area (Å²) in [6.45, 7) is 1.25. The number of aromatic nitrogens is 3. The molecule has 0 radical (unpaired) electrons. The largest absolute Gasteiger partial charge is 0.478 e. The molecule has 1 aliphatic heterocycles. The number of furan rings is 1. The van der Waals surface area contributed by atoms with Crippen LogP contribution in [0.3, 0.4) is 0 Å². The van der Waals surface area contributed by atoms with Crippen molar-refractivity contribution >= 4 is 17.7 Å². The van der Waals surface area contributed by atoms with Crippen LogP contribution in [-0.4, -0.2) is 45.3 Å². The van der Waals surface area contributed by atoms with E-state index >= 15 is 0 Å². The number of ether oxygens (including phenoxy) is 1. The first-order chi connectivity index (χ1) is 13.2. The zero-order valence-corrected chi connectivity index (χ0v) is 15.6. The number of carbonyl (C=O) groups is 1. The van der Waals surface area contributed by atoms with Crippen molar-refractivity contribution in [3.63, 3.8) is 0 Å². The van der Waals surface area contributed by atoms with Crippen LogP contribution >= 0.6 is 11.8 Å². The summed E-state index contributed by atoms with van der Waals surface area (Å²) in [5.41, 5.74) is 0.620. The molecule has 7 nitrogen and oxygen atoms in total. The third kappa shape index (κ3) is 3.50. The van der Waals surface area contributed by atoms with Crippen molar-refractivity contribution in [3.8, 4) is 17.3 Å². The Morgan fingerprint density at radius 1 is 1.33 bits per heavy atom. The van der Waals surface area contributed by atoms with E-state index in [1.807, 2.05) is 18.4 Å². The number of aromatic carboxylic acids is 1. The van der Waals surface area contributed by atoms with Gasteiger partial charge in [0, 0.05) is 12.5 Å². The van der Waals surface area contributed by atoms with E-state index < -0.39 is 5.97 Å². The van der Waals surface area contributed by atoms with E-state index in [0.717, 1.165) is 17.9 Å². The summed E-state index contributed by atoms with van der Waals surface area (Å²) >= 11 is 1.66. The lowest BCUT2D eigenvalue weighted by Crippen LogP contribution is -2.08. The summed E-state index contributed by atoms with van der Waals surface area (Å²) in [5, 5.41) is 14.2. The average molecular weight is 385 g/mol. The van der Waals surface area contributed by atoms with Gasteiger partial charge in [0.05, 0.1) is 23.6 Å². The van der Waals surface area contributed by atoms with Crippen LogP contribution in [0.1, 0.15) is 34.3 Å². The molecular weight excluding hydrogens is 366 g/mol. The maximum Gasteiger partial charge on any atom is 0.337 e. The quantitative estimate of drug-likeness (QED) is 0.693. The fourth-order valence-electron chi connectivity index (χ4n) is 3.12. The SMILES string of the molecule is CSCc1ccc(-c2nc([C@@H]3CCOC3)nn2-c2ccccc2C(=O)O)o1. The van der Waals surface area contributed by atoms with Crippen LogP contribution in [-0.2, 0) is 10.5 Å². The number of carboxylic acid groups (broad SMARTS) is 1. The molecule has 8 heteroatoms. The molecule has 1 saturated heterocycles. The molecule has 140 valence electrons. The molecular formula is C19H19N3O4S. The smallest absolute Gasteiger partial charge is 0.337 e. The van der Waals surface area contributed by atoms with Crippen LogP contribution in [0.4, 0.5) is 0 Å². The molecule has 0 bridgehead atoms. The van der Waals surface area contributed by atoms with Crippen LogP contribution < -0.4 is 0 Å². The van der Waals surface area contributed by atoms with Crippen molar-refractivity contribution in [2.24, 2.45) is 0 Å². The second-order valence-corrected chi connectivity index (χ2v) is 7.15. The van der Waals surface area contributed by atoms with Gasteiger partial charge in [0.2, 0.25) is 0 Å². The highest BCUT2D eigenvalue weighted by Crippen LogP contribution is 2.30. The first-order valence-corrected chi connectivity index (χ1v) is 10.0. The molecule has 27 heavy (non-hydrogen) atoms. The van der Waals surface area contributed by atoms with Gasteiger partial charge >= 0.3 is 5.97 Å². The van der Waals surface area contributed by atoms with Gasteiger partial charge in [-0.1, -0.05) is 12.1 Å². The lowest BCUT2D eigenvalue weighted by molar-refractivity contribution is 0.0696. The Labute approximate surface area is 160 Å². The maximum atomic E-state index is 11.7. The number of hydrogen-bond acceptors (Lipinski definition) is 6. The van der Waals surface area contributed by atoms with Crippen LogP contribution in [0, 0.1) is 0 Å². The normalized spacial score (nSPS) is 16.7. The number of thioether (sulfide) groups is 1. The van der Waals surface area contributed by atoms with Gasteiger partial charge in [0.1, 0.15) is 5.76 Å². The molecule has 0 unspecified atom stereocenters. The highest BCUT2D eigenvalue weighted by atomic mass is 32.2. The first-order valence-electron chi connectivity index (χ1n) is 8.63. The molecule has 0 aliphatic carbocycles. The summed E-state index contributed by atoms with van der Waals surface area (Å²) in [4.78, 5) is 16.4. The van der Waals surface area contributed by atoms with E-state index in [4.69, 9.17) is 14.1 Å². The Hall–Kier alpha value is -2.58. The average Bonchev–Trinajstić information content (AvgIpc) is 3.41. The van der Waals surface area contributed by atoms with Gasteiger partial charge in [-0.25, -0.2) is 14.5 Å². The summed E-state index contributed by atoms with van der Waals surface area (Å²) in [6.07, 6.45) is 2.85. The number of nitrogens with zero attached hydrogens (tertiary/aromatic N) is 3. The molecule has 0 saturated carbocycles.